The number of carbonyl (C=O) groups is 1. The van der Waals surface area contributed by atoms with E-state index in [1.165, 1.54) is 4.68 Å². The predicted octanol–water partition coefficient (Wildman–Crippen LogP) is 4.27. The second-order valence-electron chi connectivity index (χ2n) is 6.39. The SMILES string of the molecule is O=C(OCCOc1cccc(Cl)c1)c1nn(-c2ccccc2)c(=O)c2ccccc12. The van der Waals surface area contributed by atoms with E-state index in [0.29, 0.717) is 27.2 Å². The lowest BCUT2D eigenvalue weighted by Gasteiger charge is -2.11. The fourth-order valence-corrected chi connectivity index (χ4v) is 3.18. The van der Waals surface area contributed by atoms with Crippen LogP contribution in [0.5, 0.6) is 5.75 Å². The van der Waals surface area contributed by atoms with Crippen LogP contribution in [0.4, 0.5) is 0 Å². The fourth-order valence-electron chi connectivity index (χ4n) is 3.00. The zero-order valence-electron chi connectivity index (χ0n) is 15.8. The molecule has 0 aliphatic rings. The van der Waals surface area contributed by atoms with Crippen molar-refractivity contribution in [1.82, 2.24) is 9.78 Å². The van der Waals surface area contributed by atoms with E-state index in [0.717, 1.165) is 0 Å². The summed E-state index contributed by atoms with van der Waals surface area (Å²) in [6.07, 6.45) is 0. The number of carbonyl (C=O) groups excluding carboxylic acids is 1. The summed E-state index contributed by atoms with van der Waals surface area (Å²) >= 11 is 5.92. The summed E-state index contributed by atoms with van der Waals surface area (Å²) in [6.45, 7) is 0.175. The lowest BCUT2D eigenvalue weighted by Crippen LogP contribution is -2.25. The molecule has 7 heteroatoms. The zero-order valence-corrected chi connectivity index (χ0v) is 16.6. The summed E-state index contributed by atoms with van der Waals surface area (Å²) in [5.74, 6) is -0.0506. The lowest BCUT2D eigenvalue weighted by atomic mass is 10.1. The fraction of sp³-hybridized carbons (Fsp3) is 0.0870. The summed E-state index contributed by atoms with van der Waals surface area (Å²) in [5.41, 5.74) is 0.320. The van der Waals surface area contributed by atoms with Crippen molar-refractivity contribution in [2.45, 2.75) is 0 Å². The van der Waals surface area contributed by atoms with Gasteiger partial charge in [-0.15, -0.1) is 0 Å². The second-order valence-corrected chi connectivity index (χ2v) is 6.82. The summed E-state index contributed by atoms with van der Waals surface area (Å²) < 4.78 is 12.1. The van der Waals surface area contributed by atoms with Gasteiger partial charge in [-0.05, 0) is 36.4 Å². The van der Waals surface area contributed by atoms with Crippen molar-refractivity contribution >= 4 is 28.3 Å². The Morgan fingerprint density at radius 3 is 2.40 bits per heavy atom. The lowest BCUT2D eigenvalue weighted by molar-refractivity contribution is 0.0444. The van der Waals surface area contributed by atoms with E-state index in [1.807, 2.05) is 6.07 Å². The van der Waals surface area contributed by atoms with Gasteiger partial charge in [0.15, 0.2) is 5.69 Å². The molecule has 1 heterocycles. The first-order valence-corrected chi connectivity index (χ1v) is 9.64. The minimum atomic E-state index is -0.634. The quantitative estimate of drug-likeness (QED) is 0.344. The summed E-state index contributed by atoms with van der Waals surface area (Å²) in [7, 11) is 0. The van der Waals surface area contributed by atoms with Gasteiger partial charge in [0.2, 0.25) is 0 Å². The molecule has 0 spiro atoms. The van der Waals surface area contributed by atoms with Gasteiger partial charge in [0, 0.05) is 10.4 Å². The number of nitrogens with zero attached hydrogens (tertiary/aromatic N) is 2. The molecular weight excluding hydrogens is 404 g/mol. The number of fused-ring (bicyclic) bond motifs is 1. The van der Waals surface area contributed by atoms with Crippen molar-refractivity contribution in [2.75, 3.05) is 13.2 Å². The zero-order chi connectivity index (χ0) is 20.9. The van der Waals surface area contributed by atoms with E-state index in [4.69, 9.17) is 21.1 Å². The van der Waals surface area contributed by atoms with Crippen LogP contribution in [0.3, 0.4) is 0 Å². The first kappa shape index (κ1) is 19.7. The first-order chi connectivity index (χ1) is 14.6. The van der Waals surface area contributed by atoms with Crippen molar-refractivity contribution in [3.63, 3.8) is 0 Å². The third kappa shape index (κ3) is 4.18. The number of hydrogen-bond acceptors (Lipinski definition) is 5. The monoisotopic (exact) mass is 420 g/mol. The van der Waals surface area contributed by atoms with Crippen molar-refractivity contribution in [2.24, 2.45) is 0 Å². The Bertz CT molecular complexity index is 1260. The van der Waals surface area contributed by atoms with Gasteiger partial charge < -0.3 is 9.47 Å². The van der Waals surface area contributed by atoms with Crippen molar-refractivity contribution in [3.8, 4) is 11.4 Å². The van der Waals surface area contributed by atoms with Gasteiger partial charge in [0.25, 0.3) is 5.56 Å². The molecule has 6 nitrogen and oxygen atoms in total. The number of para-hydroxylation sites is 1. The molecule has 0 saturated heterocycles. The van der Waals surface area contributed by atoms with Crippen molar-refractivity contribution < 1.29 is 14.3 Å². The number of aromatic nitrogens is 2. The number of rotatable bonds is 6. The normalized spacial score (nSPS) is 10.7. The molecule has 0 radical (unpaired) electrons. The molecule has 3 aromatic carbocycles. The Morgan fingerprint density at radius 2 is 1.63 bits per heavy atom. The molecule has 1 aromatic heterocycles. The van der Waals surface area contributed by atoms with E-state index in [9.17, 15) is 9.59 Å². The summed E-state index contributed by atoms with van der Waals surface area (Å²) in [5, 5.41) is 5.68. The van der Waals surface area contributed by atoms with Crippen molar-refractivity contribution in [3.05, 3.63) is 99.9 Å². The highest BCUT2D eigenvalue weighted by molar-refractivity contribution is 6.30. The van der Waals surface area contributed by atoms with Crippen molar-refractivity contribution in [1.29, 1.82) is 0 Å². The molecule has 0 amide bonds. The van der Waals surface area contributed by atoms with Gasteiger partial charge in [0.1, 0.15) is 19.0 Å². The molecule has 4 aromatic rings. The van der Waals surface area contributed by atoms with E-state index in [1.54, 1.807) is 72.8 Å². The maximum absolute atomic E-state index is 12.9. The van der Waals surface area contributed by atoms with Gasteiger partial charge in [-0.1, -0.05) is 54.1 Å². The van der Waals surface area contributed by atoms with Crippen LogP contribution in [-0.4, -0.2) is 29.0 Å². The number of halogens is 1. The molecule has 30 heavy (non-hydrogen) atoms. The van der Waals surface area contributed by atoms with Crippen LogP contribution in [0.15, 0.2) is 83.7 Å². The van der Waals surface area contributed by atoms with E-state index >= 15 is 0 Å². The van der Waals surface area contributed by atoms with E-state index in [2.05, 4.69) is 5.10 Å². The average Bonchev–Trinajstić information content (AvgIpc) is 2.78. The summed E-state index contributed by atoms with van der Waals surface area (Å²) in [6, 6.07) is 22.7. The maximum Gasteiger partial charge on any atom is 0.359 e. The van der Waals surface area contributed by atoms with Gasteiger partial charge in [-0.3, -0.25) is 4.79 Å². The maximum atomic E-state index is 12.9. The molecule has 0 aliphatic carbocycles. The highest BCUT2D eigenvalue weighted by atomic mass is 35.5. The largest absolute Gasteiger partial charge is 0.490 e. The smallest absolute Gasteiger partial charge is 0.359 e. The minimum absolute atomic E-state index is 0.0197. The third-order valence-corrected chi connectivity index (χ3v) is 4.62. The second kappa shape index (κ2) is 8.80. The molecule has 0 bridgehead atoms. The molecule has 0 aliphatic heterocycles. The van der Waals surface area contributed by atoms with E-state index < -0.39 is 5.97 Å². The van der Waals surface area contributed by atoms with Gasteiger partial charge in [0.05, 0.1) is 11.1 Å². The standard InChI is InChI=1S/C23H17ClN2O4/c24-16-7-6-10-18(15-16)29-13-14-30-23(28)21-19-11-4-5-12-20(19)22(27)26(25-21)17-8-2-1-3-9-17/h1-12,15H,13-14H2. The number of benzene rings is 3. The number of ether oxygens (including phenoxy) is 2. The van der Waals surface area contributed by atoms with Crippen LogP contribution in [0, 0.1) is 0 Å². The van der Waals surface area contributed by atoms with Crippen LogP contribution in [0.25, 0.3) is 16.5 Å². The molecule has 0 fully saturated rings. The van der Waals surface area contributed by atoms with Gasteiger partial charge in [-0.2, -0.15) is 9.78 Å². The van der Waals surface area contributed by atoms with Crippen LogP contribution in [0.2, 0.25) is 5.02 Å². The third-order valence-electron chi connectivity index (χ3n) is 4.38. The molecule has 4 rings (SSSR count). The molecule has 0 saturated carbocycles. The Hall–Kier alpha value is -3.64. The van der Waals surface area contributed by atoms with E-state index in [-0.39, 0.29) is 24.5 Å². The average molecular weight is 421 g/mol. The molecule has 150 valence electrons. The highest BCUT2D eigenvalue weighted by Gasteiger charge is 2.18. The topological polar surface area (TPSA) is 70.4 Å². The Balaban J connectivity index is 1.57. The number of hydrogen-bond donors (Lipinski definition) is 0. The Labute approximate surface area is 177 Å². The van der Waals surface area contributed by atoms with Gasteiger partial charge in [-0.25, -0.2) is 4.79 Å². The summed E-state index contributed by atoms with van der Waals surface area (Å²) in [4.78, 5) is 25.6. The highest BCUT2D eigenvalue weighted by Crippen LogP contribution is 2.18. The molecular formula is C23H17ClN2O4. The van der Waals surface area contributed by atoms with Gasteiger partial charge >= 0.3 is 5.97 Å². The first-order valence-electron chi connectivity index (χ1n) is 9.26. The van der Waals surface area contributed by atoms with Crippen LogP contribution < -0.4 is 10.3 Å². The molecule has 0 N–H and O–H groups in total. The molecule has 0 unspecified atom stereocenters. The van der Waals surface area contributed by atoms with Crippen LogP contribution in [-0.2, 0) is 4.74 Å². The van der Waals surface area contributed by atoms with Crippen LogP contribution >= 0.6 is 11.6 Å². The molecule has 0 atom stereocenters. The van der Waals surface area contributed by atoms with Crippen LogP contribution in [0.1, 0.15) is 10.5 Å². The Morgan fingerprint density at radius 1 is 0.900 bits per heavy atom. The number of esters is 1. The minimum Gasteiger partial charge on any atom is -0.490 e. The predicted molar refractivity (Wildman–Crippen MR) is 115 cm³/mol. The Kier molecular flexibility index (Phi) is 5.77.